The minimum atomic E-state index is -0.391. The second kappa shape index (κ2) is 9.52. The fourth-order valence-corrected chi connectivity index (χ4v) is 4.59. The number of piperidine rings is 1. The molecule has 2 amide bonds. The molecule has 1 saturated heterocycles. The van der Waals surface area contributed by atoms with Gasteiger partial charge in [0.2, 0.25) is 11.8 Å². The maximum Gasteiger partial charge on any atom is 0.233 e. The van der Waals surface area contributed by atoms with Crippen molar-refractivity contribution in [3.8, 4) is 17.1 Å². The lowest BCUT2D eigenvalue weighted by Crippen LogP contribution is -2.42. The van der Waals surface area contributed by atoms with Crippen LogP contribution >= 0.6 is 11.8 Å². The number of hydrogen-bond donors (Lipinski definition) is 1. The van der Waals surface area contributed by atoms with Gasteiger partial charge in [-0.25, -0.2) is 4.39 Å². The molecule has 166 valence electrons. The minimum absolute atomic E-state index is 0.0381. The van der Waals surface area contributed by atoms with Crippen molar-refractivity contribution in [2.45, 2.75) is 24.9 Å². The third kappa shape index (κ3) is 4.67. The molecular weight excluding hydrogens is 429 g/mol. The van der Waals surface area contributed by atoms with Gasteiger partial charge < -0.3 is 10.6 Å². The zero-order valence-corrected chi connectivity index (χ0v) is 18.5. The molecule has 9 heteroatoms. The summed E-state index contributed by atoms with van der Waals surface area (Å²) in [6, 6.07) is 14.2. The highest BCUT2D eigenvalue weighted by Crippen LogP contribution is 2.30. The van der Waals surface area contributed by atoms with Crippen LogP contribution in [0.25, 0.3) is 17.1 Å². The Bertz CT molecular complexity index is 1120. The van der Waals surface area contributed by atoms with Gasteiger partial charge in [-0.15, -0.1) is 10.2 Å². The van der Waals surface area contributed by atoms with Crippen molar-refractivity contribution >= 4 is 23.6 Å². The van der Waals surface area contributed by atoms with Crippen molar-refractivity contribution in [2.75, 3.05) is 18.8 Å². The van der Waals surface area contributed by atoms with Gasteiger partial charge in [0, 0.05) is 24.7 Å². The molecule has 0 atom stereocenters. The average molecular weight is 454 g/mol. The summed E-state index contributed by atoms with van der Waals surface area (Å²) in [5, 5.41) is 9.01. The first-order chi connectivity index (χ1) is 15.4. The maximum atomic E-state index is 14.5. The Morgan fingerprint density at radius 3 is 2.44 bits per heavy atom. The number of thioether (sulfide) groups is 1. The maximum absolute atomic E-state index is 14.5. The number of nitrogens with zero attached hydrogens (tertiary/aromatic N) is 4. The number of carbonyl (C=O) groups excluding carboxylic acids is 2. The molecule has 1 aliphatic rings. The third-order valence-corrected chi connectivity index (χ3v) is 6.53. The summed E-state index contributed by atoms with van der Waals surface area (Å²) in [6.07, 6.45) is 1.17. The van der Waals surface area contributed by atoms with E-state index in [0.29, 0.717) is 42.5 Å². The first-order valence-electron chi connectivity index (χ1n) is 10.4. The van der Waals surface area contributed by atoms with Crippen molar-refractivity contribution in [3.63, 3.8) is 0 Å². The Kier molecular flexibility index (Phi) is 6.55. The number of likely N-dealkylation sites (tertiary alicyclic amines) is 1. The molecule has 1 aliphatic heterocycles. The van der Waals surface area contributed by atoms with E-state index in [4.69, 9.17) is 5.73 Å². The molecule has 0 bridgehead atoms. The summed E-state index contributed by atoms with van der Waals surface area (Å²) < 4.78 is 16.3. The number of rotatable bonds is 6. The topological polar surface area (TPSA) is 94.1 Å². The standard InChI is InChI=1S/C23H24FN5O2S/c1-15-6-8-17(9-7-15)29-22(18-4-2-3-5-19(18)24)26-27-23(29)32-14-20(30)28-12-10-16(11-13-28)21(25)31/h2-9,16H,10-14H2,1H3,(H2,25,31). The summed E-state index contributed by atoms with van der Waals surface area (Å²) in [6.45, 7) is 3.01. The Morgan fingerprint density at radius 1 is 1.09 bits per heavy atom. The van der Waals surface area contributed by atoms with Crippen LogP contribution in [0.3, 0.4) is 0 Å². The average Bonchev–Trinajstić information content (AvgIpc) is 3.22. The molecule has 0 aliphatic carbocycles. The van der Waals surface area contributed by atoms with Gasteiger partial charge in [-0.2, -0.15) is 0 Å². The molecular formula is C23H24FN5O2S. The van der Waals surface area contributed by atoms with Crippen LogP contribution in [-0.4, -0.2) is 50.3 Å². The predicted molar refractivity (Wildman–Crippen MR) is 121 cm³/mol. The molecule has 2 N–H and O–H groups in total. The fraction of sp³-hybridized carbons (Fsp3) is 0.304. The number of nitrogens with two attached hydrogens (primary N) is 1. The van der Waals surface area contributed by atoms with Crippen LogP contribution in [0.5, 0.6) is 0 Å². The first-order valence-corrected chi connectivity index (χ1v) is 11.4. The van der Waals surface area contributed by atoms with Crippen molar-refractivity contribution in [3.05, 3.63) is 59.9 Å². The van der Waals surface area contributed by atoms with Gasteiger partial charge in [-0.05, 0) is 44.0 Å². The number of hydrogen-bond acceptors (Lipinski definition) is 5. The van der Waals surface area contributed by atoms with Crippen molar-refractivity contribution in [2.24, 2.45) is 11.7 Å². The number of carbonyl (C=O) groups is 2. The quantitative estimate of drug-likeness (QED) is 0.579. The lowest BCUT2D eigenvalue weighted by molar-refractivity contribution is -0.132. The third-order valence-electron chi connectivity index (χ3n) is 5.62. The summed E-state index contributed by atoms with van der Waals surface area (Å²) in [4.78, 5) is 25.8. The SMILES string of the molecule is Cc1ccc(-n2c(SCC(=O)N3CCC(C(N)=O)CC3)nnc2-c2ccccc2F)cc1. The number of primary amides is 1. The van der Waals surface area contributed by atoms with E-state index in [1.54, 1.807) is 27.7 Å². The largest absolute Gasteiger partial charge is 0.369 e. The minimum Gasteiger partial charge on any atom is -0.369 e. The van der Waals surface area contributed by atoms with Gasteiger partial charge in [0.25, 0.3) is 0 Å². The van der Waals surface area contributed by atoms with E-state index in [1.165, 1.54) is 17.8 Å². The highest BCUT2D eigenvalue weighted by atomic mass is 32.2. The second-order valence-corrected chi connectivity index (χ2v) is 8.75. The summed E-state index contributed by atoms with van der Waals surface area (Å²) in [5.41, 5.74) is 7.60. The van der Waals surface area contributed by atoms with Crippen molar-refractivity contribution in [1.29, 1.82) is 0 Å². The van der Waals surface area contributed by atoms with Crippen LogP contribution in [0.2, 0.25) is 0 Å². The van der Waals surface area contributed by atoms with Gasteiger partial charge in [0.05, 0.1) is 11.3 Å². The smallest absolute Gasteiger partial charge is 0.233 e. The van der Waals surface area contributed by atoms with E-state index in [1.807, 2.05) is 31.2 Å². The molecule has 0 saturated carbocycles. The molecule has 2 aromatic carbocycles. The molecule has 1 aromatic heterocycles. The van der Waals surface area contributed by atoms with Gasteiger partial charge >= 0.3 is 0 Å². The number of benzene rings is 2. The monoisotopic (exact) mass is 453 g/mol. The molecule has 4 rings (SSSR count). The number of aryl methyl sites for hydroxylation is 1. The van der Waals surface area contributed by atoms with Crippen molar-refractivity contribution in [1.82, 2.24) is 19.7 Å². The fourth-order valence-electron chi connectivity index (χ4n) is 3.74. The molecule has 0 radical (unpaired) electrons. The van der Waals surface area contributed by atoms with E-state index in [0.717, 1.165) is 11.3 Å². The lowest BCUT2D eigenvalue weighted by Gasteiger charge is -2.30. The van der Waals surface area contributed by atoms with Crippen LogP contribution in [0.4, 0.5) is 4.39 Å². The second-order valence-electron chi connectivity index (χ2n) is 7.80. The van der Waals surface area contributed by atoms with E-state index in [-0.39, 0.29) is 23.5 Å². The first kappa shape index (κ1) is 22.0. The Balaban J connectivity index is 1.56. The lowest BCUT2D eigenvalue weighted by atomic mass is 9.96. The molecule has 0 spiro atoms. The zero-order valence-electron chi connectivity index (χ0n) is 17.7. The predicted octanol–water partition coefficient (Wildman–Crippen LogP) is 3.20. The Labute approximate surface area is 189 Å². The van der Waals surface area contributed by atoms with E-state index in [2.05, 4.69) is 10.2 Å². The normalized spacial score (nSPS) is 14.5. The number of aromatic nitrogens is 3. The van der Waals surface area contributed by atoms with Gasteiger partial charge in [0.1, 0.15) is 5.82 Å². The van der Waals surface area contributed by atoms with E-state index >= 15 is 0 Å². The zero-order chi connectivity index (χ0) is 22.7. The van der Waals surface area contributed by atoms with Crippen LogP contribution in [0.1, 0.15) is 18.4 Å². The Morgan fingerprint density at radius 2 is 1.78 bits per heavy atom. The molecule has 32 heavy (non-hydrogen) atoms. The van der Waals surface area contributed by atoms with Gasteiger partial charge in [0.15, 0.2) is 11.0 Å². The summed E-state index contributed by atoms with van der Waals surface area (Å²) in [5.74, 6) is -0.355. The van der Waals surface area contributed by atoms with Crippen LogP contribution in [0, 0.1) is 18.7 Å². The highest BCUT2D eigenvalue weighted by molar-refractivity contribution is 7.99. The molecule has 0 unspecified atom stereocenters. The molecule has 1 fully saturated rings. The molecule has 2 heterocycles. The van der Waals surface area contributed by atoms with Crippen LogP contribution in [-0.2, 0) is 9.59 Å². The van der Waals surface area contributed by atoms with Crippen molar-refractivity contribution < 1.29 is 14.0 Å². The number of amides is 2. The summed E-state index contributed by atoms with van der Waals surface area (Å²) in [7, 11) is 0. The highest BCUT2D eigenvalue weighted by Gasteiger charge is 2.26. The van der Waals surface area contributed by atoms with Gasteiger partial charge in [-0.1, -0.05) is 41.6 Å². The molecule has 3 aromatic rings. The van der Waals surface area contributed by atoms with E-state index in [9.17, 15) is 14.0 Å². The number of halogens is 1. The van der Waals surface area contributed by atoms with Crippen LogP contribution in [0.15, 0.2) is 53.7 Å². The Hall–Kier alpha value is -3.20. The molecule has 7 nitrogen and oxygen atoms in total. The van der Waals surface area contributed by atoms with Crippen LogP contribution < -0.4 is 5.73 Å². The van der Waals surface area contributed by atoms with E-state index < -0.39 is 5.82 Å². The van der Waals surface area contributed by atoms with Gasteiger partial charge in [-0.3, -0.25) is 14.2 Å². The summed E-state index contributed by atoms with van der Waals surface area (Å²) >= 11 is 1.26.